The van der Waals surface area contributed by atoms with Crippen LogP contribution in [0.15, 0.2) is 24.3 Å². The van der Waals surface area contributed by atoms with Crippen molar-refractivity contribution in [3.05, 3.63) is 35.4 Å². The number of nitrogens with one attached hydrogen (secondary N) is 1. The molecule has 0 heterocycles. The van der Waals surface area contributed by atoms with Crippen LogP contribution in [-0.4, -0.2) is 23.0 Å². The van der Waals surface area contributed by atoms with Crippen LogP contribution in [0.5, 0.6) is 0 Å². The van der Waals surface area contributed by atoms with Gasteiger partial charge >= 0.3 is 5.97 Å². The Kier molecular flexibility index (Phi) is 5.36. The van der Waals surface area contributed by atoms with E-state index in [0.29, 0.717) is 5.56 Å². The lowest BCUT2D eigenvalue weighted by Crippen LogP contribution is -2.34. The quantitative estimate of drug-likeness (QED) is 0.812. The van der Waals surface area contributed by atoms with E-state index < -0.39 is 5.97 Å². The van der Waals surface area contributed by atoms with Crippen LogP contribution in [0.3, 0.4) is 0 Å². The second kappa shape index (κ2) is 6.79. The number of carbonyl (C=O) groups excluding carboxylic acids is 1. The van der Waals surface area contributed by atoms with Crippen molar-refractivity contribution >= 4 is 11.9 Å². The molecular formula is C14H19NO3. The molecule has 1 aromatic carbocycles. The van der Waals surface area contributed by atoms with E-state index in [4.69, 9.17) is 5.11 Å². The smallest absolute Gasteiger partial charge is 0.305 e. The minimum absolute atomic E-state index is 0.0698. The van der Waals surface area contributed by atoms with Gasteiger partial charge in [0.2, 0.25) is 0 Å². The van der Waals surface area contributed by atoms with Crippen molar-refractivity contribution in [2.24, 2.45) is 0 Å². The molecule has 98 valence electrons. The predicted molar refractivity (Wildman–Crippen MR) is 69.6 cm³/mol. The molecule has 1 unspecified atom stereocenters. The highest BCUT2D eigenvalue weighted by atomic mass is 16.4. The molecule has 0 aromatic heterocycles. The van der Waals surface area contributed by atoms with Crippen molar-refractivity contribution in [2.75, 3.05) is 0 Å². The molecule has 0 aliphatic rings. The lowest BCUT2D eigenvalue weighted by atomic mass is 10.1. The van der Waals surface area contributed by atoms with E-state index in [0.717, 1.165) is 12.8 Å². The standard InChI is InChI=1S/C14H19NO3/c1-3-4-11-5-7-12(8-6-11)14(18)15-10(2)9-13(16)17/h5-8,10H,3-4,9H2,1-2H3,(H,15,18)(H,16,17). The minimum atomic E-state index is -0.916. The molecule has 0 aliphatic heterocycles. The lowest BCUT2D eigenvalue weighted by molar-refractivity contribution is -0.137. The first-order valence-corrected chi connectivity index (χ1v) is 6.14. The number of aryl methyl sites for hydroxylation is 1. The molecule has 0 fully saturated rings. The molecule has 4 nitrogen and oxygen atoms in total. The van der Waals surface area contributed by atoms with Crippen LogP contribution >= 0.6 is 0 Å². The molecular weight excluding hydrogens is 230 g/mol. The molecule has 0 radical (unpaired) electrons. The normalized spacial score (nSPS) is 11.9. The second-order valence-corrected chi connectivity index (χ2v) is 4.42. The lowest BCUT2D eigenvalue weighted by Gasteiger charge is -2.11. The summed E-state index contributed by atoms with van der Waals surface area (Å²) in [6.45, 7) is 3.78. The van der Waals surface area contributed by atoms with E-state index >= 15 is 0 Å². The van der Waals surface area contributed by atoms with Crippen LogP contribution in [0.1, 0.15) is 42.6 Å². The van der Waals surface area contributed by atoms with E-state index in [2.05, 4.69) is 12.2 Å². The van der Waals surface area contributed by atoms with Crippen LogP contribution in [0.4, 0.5) is 0 Å². The molecule has 0 spiro atoms. The van der Waals surface area contributed by atoms with Crippen molar-refractivity contribution in [3.63, 3.8) is 0 Å². The van der Waals surface area contributed by atoms with Crippen molar-refractivity contribution in [1.29, 1.82) is 0 Å². The number of carbonyl (C=O) groups is 2. The number of hydrogen-bond donors (Lipinski definition) is 2. The minimum Gasteiger partial charge on any atom is -0.481 e. The number of hydrogen-bond acceptors (Lipinski definition) is 2. The molecule has 2 N–H and O–H groups in total. The van der Waals surface area contributed by atoms with Crippen LogP contribution in [-0.2, 0) is 11.2 Å². The van der Waals surface area contributed by atoms with Crippen molar-refractivity contribution < 1.29 is 14.7 Å². The predicted octanol–water partition coefficient (Wildman–Crippen LogP) is 2.23. The zero-order valence-corrected chi connectivity index (χ0v) is 10.8. The highest BCUT2D eigenvalue weighted by Gasteiger charge is 2.12. The maximum atomic E-state index is 11.8. The molecule has 1 atom stereocenters. The van der Waals surface area contributed by atoms with Gasteiger partial charge in [-0.05, 0) is 31.0 Å². The van der Waals surface area contributed by atoms with Crippen molar-refractivity contribution in [3.8, 4) is 0 Å². The van der Waals surface area contributed by atoms with E-state index in [9.17, 15) is 9.59 Å². The summed E-state index contributed by atoms with van der Waals surface area (Å²) in [4.78, 5) is 22.3. The van der Waals surface area contributed by atoms with Gasteiger partial charge in [0.25, 0.3) is 5.91 Å². The Labute approximate surface area is 107 Å². The Morgan fingerprint density at radius 1 is 1.28 bits per heavy atom. The summed E-state index contributed by atoms with van der Waals surface area (Å²) in [6.07, 6.45) is 2.00. The average molecular weight is 249 g/mol. The molecule has 0 bridgehead atoms. The number of carboxylic acids is 1. The van der Waals surface area contributed by atoms with Gasteiger partial charge in [-0.15, -0.1) is 0 Å². The Hall–Kier alpha value is -1.84. The molecule has 1 rings (SSSR count). The Morgan fingerprint density at radius 2 is 1.89 bits per heavy atom. The van der Waals surface area contributed by atoms with Gasteiger partial charge in [0.05, 0.1) is 6.42 Å². The van der Waals surface area contributed by atoms with Gasteiger partial charge in [-0.2, -0.15) is 0 Å². The summed E-state index contributed by atoms with van der Waals surface area (Å²) >= 11 is 0. The summed E-state index contributed by atoms with van der Waals surface area (Å²) in [5.41, 5.74) is 1.76. The van der Waals surface area contributed by atoms with Gasteiger partial charge in [0.15, 0.2) is 0 Å². The molecule has 0 saturated heterocycles. The molecule has 4 heteroatoms. The Morgan fingerprint density at radius 3 is 2.39 bits per heavy atom. The van der Waals surface area contributed by atoms with Gasteiger partial charge < -0.3 is 10.4 Å². The highest BCUT2D eigenvalue weighted by molar-refractivity contribution is 5.94. The van der Waals surface area contributed by atoms with Crippen LogP contribution in [0.25, 0.3) is 0 Å². The van der Waals surface area contributed by atoms with Gasteiger partial charge in [0, 0.05) is 11.6 Å². The first-order chi connectivity index (χ1) is 8.52. The van der Waals surface area contributed by atoms with Crippen LogP contribution in [0.2, 0.25) is 0 Å². The third-order valence-electron chi connectivity index (χ3n) is 2.61. The van der Waals surface area contributed by atoms with E-state index in [1.165, 1.54) is 5.56 Å². The maximum absolute atomic E-state index is 11.8. The number of carboxylic acid groups (broad SMARTS) is 1. The molecule has 18 heavy (non-hydrogen) atoms. The topological polar surface area (TPSA) is 66.4 Å². The van der Waals surface area contributed by atoms with E-state index in [-0.39, 0.29) is 18.4 Å². The fourth-order valence-electron chi connectivity index (χ4n) is 1.73. The van der Waals surface area contributed by atoms with Gasteiger partial charge in [0.1, 0.15) is 0 Å². The highest BCUT2D eigenvalue weighted by Crippen LogP contribution is 2.07. The Bertz CT molecular complexity index is 412. The monoisotopic (exact) mass is 249 g/mol. The third-order valence-corrected chi connectivity index (χ3v) is 2.61. The average Bonchev–Trinajstić information content (AvgIpc) is 2.29. The second-order valence-electron chi connectivity index (χ2n) is 4.42. The summed E-state index contributed by atoms with van der Waals surface area (Å²) in [5, 5.41) is 11.3. The number of aliphatic carboxylic acids is 1. The molecule has 1 amide bonds. The first kappa shape index (κ1) is 14.2. The zero-order valence-electron chi connectivity index (χ0n) is 10.8. The Balaban J connectivity index is 2.58. The van der Waals surface area contributed by atoms with Crippen molar-refractivity contribution in [1.82, 2.24) is 5.32 Å². The maximum Gasteiger partial charge on any atom is 0.305 e. The first-order valence-electron chi connectivity index (χ1n) is 6.14. The number of benzene rings is 1. The van der Waals surface area contributed by atoms with E-state index in [1.54, 1.807) is 19.1 Å². The number of amides is 1. The summed E-state index contributed by atoms with van der Waals surface area (Å²) < 4.78 is 0. The zero-order chi connectivity index (χ0) is 13.5. The molecule has 0 aliphatic carbocycles. The fourth-order valence-corrected chi connectivity index (χ4v) is 1.73. The van der Waals surface area contributed by atoms with Gasteiger partial charge in [-0.3, -0.25) is 9.59 Å². The number of rotatable bonds is 6. The third kappa shape index (κ3) is 4.57. The van der Waals surface area contributed by atoms with Gasteiger partial charge in [-0.25, -0.2) is 0 Å². The fraction of sp³-hybridized carbons (Fsp3) is 0.429. The SMILES string of the molecule is CCCc1ccc(C(=O)NC(C)CC(=O)O)cc1. The van der Waals surface area contributed by atoms with Crippen LogP contribution < -0.4 is 5.32 Å². The van der Waals surface area contributed by atoms with Gasteiger partial charge in [-0.1, -0.05) is 25.5 Å². The van der Waals surface area contributed by atoms with Crippen LogP contribution in [0, 0.1) is 0 Å². The molecule has 0 saturated carbocycles. The van der Waals surface area contributed by atoms with Crippen molar-refractivity contribution in [2.45, 2.75) is 39.2 Å². The van der Waals surface area contributed by atoms with E-state index in [1.807, 2.05) is 12.1 Å². The molecule has 1 aromatic rings. The largest absolute Gasteiger partial charge is 0.481 e. The summed E-state index contributed by atoms with van der Waals surface area (Å²) in [7, 11) is 0. The summed E-state index contributed by atoms with van der Waals surface area (Å²) in [5.74, 6) is -1.15. The summed E-state index contributed by atoms with van der Waals surface area (Å²) in [6, 6.07) is 7.03.